The molecular weight excluding hydrogens is 265 g/mol. The summed E-state index contributed by atoms with van der Waals surface area (Å²) in [6.45, 7) is 9.19. The summed E-state index contributed by atoms with van der Waals surface area (Å²) in [6, 6.07) is 4.22. The smallest absolute Gasteiger partial charge is 0.138 e. The zero-order valence-corrected chi connectivity index (χ0v) is 12.9. The highest BCUT2D eigenvalue weighted by Gasteiger charge is 2.16. The zero-order valence-electron chi connectivity index (χ0n) is 12.1. The Labute approximate surface area is 120 Å². The highest BCUT2D eigenvalue weighted by molar-refractivity contribution is 6.32. The van der Waals surface area contributed by atoms with Gasteiger partial charge in [0, 0.05) is 12.1 Å². The molecule has 0 heterocycles. The van der Waals surface area contributed by atoms with Gasteiger partial charge in [-0.25, -0.2) is 4.39 Å². The van der Waals surface area contributed by atoms with Crippen LogP contribution in [0.2, 0.25) is 5.02 Å². The molecule has 0 aliphatic rings. The van der Waals surface area contributed by atoms with Gasteiger partial charge in [0.1, 0.15) is 17.7 Å². The van der Waals surface area contributed by atoms with Crippen LogP contribution in [0, 0.1) is 5.82 Å². The molecule has 0 bridgehead atoms. The molecule has 1 atom stereocenters. The molecule has 0 radical (unpaired) electrons. The van der Waals surface area contributed by atoms with E-state index in [1.807, 2.05) is 0 Å². The Balaban J connectivity index is 2.67. The van der Waals surface area contributed by atoms with E-state index in [-0.39, 0.29) is 17.5 Å². The van der Waals surface area contributed by atoms with Crippen LogP contribution in [0.15, 0.2) is 18.2 Å². The summed E-state index contributed by atoms with van der Waals surface area (Å²) >= 11 is 5.98. The fourth-order valence-electron chi connectivity index (χ4n) is 1.69. The number of nitrogens with one attached hydrogen (secondary N) is 1. The van der Waals surface area contributed by atoms with E-state index < -0.39 is 0 Å². The minimum absolute atomic E-state index is 0.0344. The largest absolute Gasteiger partial charge is 0.488 e. The Morgan fingerprint density at radius 1 is 1.37 bits per heavy atom. The summed E-state index contributed by atoms with van der Waals surface area (Å²) < 4.78 is 18.9. The fraction of sp³-hybridized carbons (Fsp3) is 0.600. The number of hydrogen-bond acceptors (Lipinski definition) is 2. The molecule has 0 aromatic heterocycles. The second kappa shape index (κ2) is 7.11. The van der Waals surface area contributed by atoms with Crippen LogP contribution in [0.25, 0.3) is 0 Å². The van der Waals surface area contributed by atoms with Crippen molar-refractivity contribution in [2.24, 2.45) is 0 Å². The van der Waals surface area contributed by atoms with E-state index in [0.717, 1.165) is 19.4 Å². The maximum absolute atomic E-state index is 13.0. The van der Waals surface area contributed by atoms with Crippen LogP contribution in [0.3, 0.4) is 0 Å². The number of hydrogen-bond donors (Lipinski definition) is 1. The summed E-state index contributed by atoms with van der Waals surface area (Å²) in [4.78, 5) is 0. The quantitative estimate of drug-likeness (QED) is 0.836. The maximum Gasteiger partial charge on any atom is 0.138 e. The van der Waals surface area contributed by atoms with E-state index in [2.05, 4.69) is 33.0 Å². The lowest BCUT2D eigenvalue weighted by atomic mass is 10.1. The van der Waals surface area contributed by atoms with Crippen molar-refractivity contribution in [1.29, 1.82) is 0 Å². The van der Waals surface area contributed by atoms with Crippen LogP contribution in [-0.4, -0.2) is 18.2 Å². The Bertz CT molecular complexity index is 404. The molecule has 1 unspecified atom stereocenters. The number of ether oxygens (including phenoxy) is 1. The first-order valence-electron chi connectivity index (χ1n) is 6.68. The second-order valence-electron chi connectivity index (χ2n) is 5.73. The molecule has 0 aliphatic heterocycles. The van der Waals surface area contributed by atoms with E-state index in [1.165, 1.54) is 12.1 Å². The molecule has 19 heavy (non-hydrogen) atoms. The van der Waals surface area contributed by atoms with Gasteiger partial charge in [-0.2, -0.15) is 0 Å². The topological polar surface area (TPSA) is 21.3 Å². The van der Waals surface area contributed by atoms with Gasteiger partial charge in [0.25, 0.3) is 0 Å². The number of benzene rings is 1. The minimum atomic E-state index is -0.350. The minimum Gasteiger partial charge on any atom is -0.488 e. The van der Waals surface area contributed by atoms with Crippen molar-refractivity contribution in [2.45, 2.75) is 52.2 Å². The van der Waals surface area contributed by atoms with Crippen molar-refractivity contribution in [3.63, 3.8) is 0 Å². The molecule has 4 heteroatoms. The lowest BCUT2D eigenvalue weighted by Crippen LogP contribution is -2.42. The molecular formula is C15H23ClFNO. The second-order valence-corrected chi connectivity index (χ2v) is 6.14. The van der Waals surface area contributed by atoms with E-state index in [4.69, 9.17) is 16.3 Å². The van der Waals surface area contributed by atoms with Crippen molar-refractivity contribution < 1.29 is 9.13 Å². The van der Waals surface area contributed by atoms with Crippen molar-refractivity contribution in [3.05, 3.63) is 29.0 Å². The predicted octanol–water partition coefficient (Wildman–Crippen LogP) is 4.41. The van der Waals surface area contributed by atoms with Crippen molar-refractivity contribution >= 4 is 11.6 Å². The van der Waals surface area contributed by atoms with Crippen molar-refractivity contribution in [1.82, 2.24) is 5.32 Å². The Morgan fingerprint density at radius 3 is 2.58 bits per heavy atom. The van der Waals surface area contributed by atoms with E-state index in [0.29, 0.717) is 10.8 Å². The van der Waals surface area contributed by atoms with Crippen LogP contribution in [0.1, 0.15) is 40.5 Å². The van der Waals surface area contributed by atoms with Crippen LogP contribution in [-0.2, 0) is 0 Å². The van der Waals surface area contributed by atoms with Crippen LogP contribution >= 0.6 is 11.6 Å². The van der Waals surface area contributed by atoms with Gasteiger partial charge in [0.15, 0.2) is 0 Å². The molecule has 0 saturated heterocycles. The van der Waals surface area contributed by atoms with Gasteiger partial charge < -0.3 is 10.1 Å². The van der Waals surface area contributed by atoms with E-state index >= 15 is 0 Å². The number of halogens is 2. The molecule has 1 aromatic rings. The summed E-state index contributed by atoms with van der Waals surface area (Å²) in [7, 11) is 0. The van der Waals surface area contributed by atoms with Gasteiger partial charge in [-0.3, -0.25) is 0 Å². The Hall–Kier alpha value is -0.800. The Morgan fingerprint density at radius 2 is 2.05 bits per heavy atom. The third-order valence-corrected chi connectivity index (χ3v) is 2.95. The van der Waals surface area contributed by atoms with E-state index in [1.54, 1.807) is 6.07 Å². The van der Waals surface area contributed by atoms with Gasteiger partial charge in [0.2, 0.25) is 0 Å². The standard InChI is InChI=1S/C15H23ClFNO/c1-5-6-12(10-18-15(2,3)4)19-14-8-7-11(17)9-13(14)16/h7-9,12,18H,5-6,10H2,1-4H3. The molecule has 0 saturated carbocycles. The van der Waals surface area contributed by atoms with Crippen LogP contribution in [0.5, 0.6) is 5.75 Å². The lowest BCUT2D eigenvalue weighted by molar-refractivity contribution is 0.175. The average molecular weight is 288 g/mol. The highest BCUT2D eigenvalue weighted by atomic mass is 35.5. The summed E-state index contributed by atoms with van der Waals surface area (Å²) in [5, 5.41) is 3.73. The monoisotopic (exact) mass is 287 g/mol. The number of rotatable bonds is 6. The third kappa shape index (κ3) is 6.26. The molecule has 0 amide bonds. The zero-order chi connectivity index (χ0) is 14.5. The molecule has 0 fully saturated rings. The van der Waals surface area contributed by atoms with Gasteiger partial charge in [0.05, 0.1) is 5.02 Å². The summed E-state index contributed by atoms with van der Waals surface area (Å²) in [5.74, 6) is 0.189. The van der Waals surface area contributed by atoms with Crippen molar-refractivity contribution in [2.75, 3.05) is 6.54 Å². The van der Waals surface area contributed by atoms with Gasteiger partial charge in [-0.05, 0) is 45.4 Å². The van der Waals surface area contributed by atoms with Gasteiger partial charge >= 0.3 is 0 Å². The van der Waals surface area contributed by atoms with Gasteiger partial charge in [-0.1, -0.05) is 24.9 Å². The first-order valence-corrected chi connectivity index (χ1v) is 7.06. The van der Waals surface area contributed by atoms with Crippen molar-refractivity contribution in [3.8, 4) is 5.75 Å². The first-order chi connectivity index (χ1) is 8.81. The summed E-state index contributed by atoms with van der Waals surface area (Å²) in [5.41, 5.74) is 0.0436. The predicted molar refractivity (Wildman–Crippen MR) is 78.5 cm³/mol. The molecule has 1 aromatic carbocycles. The summed E-state index contributed by atoms with van der Waals surface area (Å²) in [6.07, 6.45) is 1.98. The third-order valence-electron chi connectivity index (χ3n) is 2.66. The molecule has 0 spiro atoms. The molecule has 108 valence electrons. The Kier molecular flexibility index (Phi) is 6.08. The molecule has 1 N–H and O–H groups in total. The fourth-order valence-corrected chi connectivity index (χ4v) is 1.91. The normalized spacial score (nSPS) is 13.4. The lowest BCUT2D eigenvalue weighted by Gasteiger charge is -2.26. The van der Waals surface area contributed by atoms with Crippen LogP contribution in [0.4, 0.5) is 4.39 Å². The highest BCUT2D eigenvalue weighted by Crippen LogP contribution is 2.26. The average Bonchev–Trinajstić information content (AvgIpc) is 2.28. The first kappa shape index (κ1) is 16.3. The SMILES string of the molecule is CCCC(CNC(C)(C)C)Oc1ccc(F)cc1Cl. The van der Waals surface area contributed by atoms with Gasteiger partial charge in [-0.15, -0.1) is 0 Å². The molecule has 2 nitrogen and oxygen atoms in total. The van der Waals surface area contributed by atoms with Crippen LogP contribution < -0.4 is 10.1 Å². The maximum atomic E-state index is 13.0. The molecule has 0 aliphatic carbocycles. The molecule has 1 rings (SSSR count). The van der Waals surface area contributed by atoms with E-state index in [9.17, 15) is 4.39 Å².